The van der Waals surface area contributed by atoms with E-state index in [-0.39, 0.29) is 18.6 Å². The van der Waals surface area contributed by atoms with Gasteiger partial charge in [-0.3, -0.25) is 4.79 Å². The monoisotopic (exact) mass is 267 g/mol. The molecule has 0 aliphatic rings. The standard InChI is InChI=1S/C13H21N3O3/c1-16(2)12-8-10(4-6-14-12)13(18)15-11(5-7-17)9-19-3/h4,6,8,11,17H,5,7,9H2,1-3H3,(H,15,18). The summed E-state index contributed by atoms with van der Waals surface area (Å²) >= 11 is 0. The molecule has 0 saturated carbocycles. The van der Waals surface area contributed by atoms with E-state index in [4.69, 9.17) is 9.84 Å². The topological polar surface area (TPSA) is 74.7 Å². The van der Waals surface area contributed by atoms with Crippen LogP contribution >= 0.6 is 0 Å². The Kier molecular flexibility index (Phi) is 6.24. The second kappa shape index (κ2) is 7.70. The van der Waals surface area contributed by atoms with E-state index in [1.165, 1.54) is 0 Å². The lowest BCUT2D eigenvalue weighted by atomic mass is 10.2. The summed E-state index contributed by atoms with van der Waals surface area (Å²) in [6.45, 7) is 0.380. The van der Waals surface area contributed by atoms with Crippen LogP contribution in [-0.4, -0.2) is 56.5 Å². The van der Waals surface area contributed by atoms with Gasteiger partial charge >= 0.3 is 0 Å². The maximum atomic E-state index is 12.1. The Hall–Kier alpha value is -1.66. The van der Waals surface area contributed by atoms with Crippen molar-refractivity contribution in [3.8, 4) is 0 Å². The Morgan fingerprint density at radius 1 is 1.58 bits per heavy atom. The highest BCUT2D eigenvalue weighted by Crippen LogP contribution is 2.09. The molecule has 0 radical (unpaired) electrons. The van der Waals surface area contributed by atoms with Crippen LogP contribution in [0.5, 0.6) is 0 Å². The molecular weight excluding hydrogens is 246 g/mol. The van der Waals surface area contributed by atoms with E-state index >= 15 is 0 Å². The van der Waals surface area contributed by atoms with Gasteiger partial charge in [0.15, 0.2) is 0 Å². The van der Waals surface area contributed by atoms with Crippen LogP contribution in [-0.2, 0) is 4.74 Å². The van der Waals surface area contributed by atoms with Gasteiger partial charge in [0.1, 0.15) is 5.82 Å². The Morgan fingerprint density at radius 3 is 2.89 bits per heavy atom. The van der Waals surface area contributed by atoms with Gasteiger partial charge in [-0.25, -0.2) is 4.98 Å². The van der Waals surface area contributed by atoms with Gasteiger partial charge in [-0.15, -0.1) is 0 Å². The number of aliphatic hydroxyl groups excluding tert-OH is 1. The van der Waals surface area contributed by atoms with Crippen LogP contribution in [0.25, 0.3) is 0 Å². The quantitative estimate of drug-likeness (QED) is 0.742. The molecule has 1 rings (SSSR count). The van der Waals surface area contributed by atoms with Crippen molar-refractivity contribution in [2.24, 2.45) is 0 Å². The molecule has 1 unspecified atom stereocenters. The molecule has 0 bridgehead atoms. The number of nitrogens with one attached hydrogen (secondary N) is 1. The van der Waals surface area contributed by atoms with Crippen LogP contribution in [0.15, 0.2) is 18.3 Å². The second-order valence-electron chi connectivity index (χ2n) is 4.44. The van der Waals surface area contributed by atoms with Gasteiger partial charge in [0.25, 0.3) is 5.91 Å². The van der Waals surface area contributed by atoms with Gasteiger partial charge in [-0.1, -0.05) is 0 Å². The van der Waals surface area contributed by atoms with Crippen molar-refractivity contribution in [3.05, 3.63) is 23.9 Å². The maximum absolute atomic E-state index is 12.1. The van der Waals surface area contributed by atoms with Gasteiger partial charge in [0.05, 0.1) is 12.6 Å². The molecular formula is C13H21N3O3. The first kappa shape index (κ1) is 15.4. The molecule has 0 aliphatic carbocycles. The molecule has 1 atom stereocenters. The zero-order valence-electron chi connectivity index (χ0n) is 11.6. The van der Waals surface area contributed by atoms with Crippen molar-refractivity contribution in [3.63, 3.8) is 0 Å². The number of carbonyl (C=O) groups excluding carboxylic acids is 1. The minimum atomic E-state index is -0.196. The fourth-order valence-corrected chi connectivity index (χ4v) is 1.63. The molecule has 0 spiro atoms. The zero-order chi connectivity index (χ0) is 14.3. The molecule has 0 fully saturated rings. The van der Waals surface area contributed by atoms with E-state index in [1.54, 1.807) is 25.4 Å². The van der Waals surface area contributed by atoms with Crippen molar-refractivity contribution in [1.82, 2.24) is 10.3 Å². The highest BCUT2D eigenvalue weighted by Gasteiger charge is 2.14. The summed E-state index contributed by atoms with van der Waals surface area (Å²) in [5.74, 6) is 0.527. The largest absolute Gasteiger partial charge is 0.396 e. The lowest BCUT2D eigenvalue weighted by Crippen LogP contribution is -2.38. The van der Waals surface area contributed by atoms with Crippen LogP contribution in [0, 0.1) is 0 Å². The number of ether oxygens (including phenoxy) is 1. The molecule has 0 aromatic carbocycles. The highest BCUT2D eigenvalue weighted by molar-refractivity contribution is 5.95. The number of amides is 1. The van der Waals surface area contributed by atoms with Crippen molar-refractivity contribution < 1.29 is 14.6 Å². The molecule has 1 amide bonds. The summed E-state index contributed by atoms with van der Waals surface area (Å²) in [6, 6.07) is 3.18. The number of aliphatic hydroxyl groups is 1. The van der Waals surface area contributed by atoms with Gasteiger partial charge in [-0.05, 0) is 18.6 Å². The predicted octanol–water partition coefficient (Wildman–Crippen LogP) is 0.275. The summed E-state index contributed by atoms with van der Waals surface area (Å²) < 4.78 is 5.01. The molecule has 0 aliphatic heterocycles. The van der Waals surface area contributed by atoms with Gasteiger partial charge < -0.3 is 20.1 Å². The molecule has 6 nitrogen and oxygen atoms in total. The van der Waals surface area contributed by atoms with E-state index < -0.39 is 0 Å². The molecule has 106 valence electrons. The van der Waals surface area contributed by atoms with Crippen LogP contribution in [0.4, 0.5) is 5.82 Å². The Balaban J connectivity index is 2.73. The summed E-state index contributed by atoms with van der Waals surface area (Å²) in [7, 11) is 5.29. The third kappa shape index (κ3) is 4.84. The third-order valence-electron chi connectivity index (χ3n) is 2.65. The van der Waals surface area contributed by atoms with E-state index in [1.807, 2.05) is 19.0 Å². The Morgan fingerprint density at radius 2 is 2.32 bits per heavy atom. The second-order valence-corrected chi connectivity index (χ2v) is 4.44. The Labute approximate surface area is 113 Å². The minimum absolute atomic E-state index is 0.00754. The Bertz CT molecular complexity index is 404. The van der Waals surface area contributed by atoms with Gasteiger partial charge in [0.2, 0.25) is 0 Å². The number of hydrogen-bond acceptors (Lipinski definition) is 5. The number of anilines is 1. The van der Waals surface area contributed by atoms with Crippen molar-refractivity contribution in [2.75, 3.05) is 39.3 Å². The summed E-state index contributed by atoms with van der Waals surface area (Å²) in [5, 5.41) is 11.8. The van der Waals surface area contributed by atoms with E-state index in [9.17, 15) is 4.79 Å². The van der Waals surface area contributed by atoms with E-state index in [0.29, 0.717) is 18.6 Å². The van der Waals surface area contributed by atoms with E-state index in [2.05, 4.69) is 10.3 Å². The average molecular weight is 267 g/mol. The summed E-state index contributed by atoms with van der Waals surface area (Å²) in [4.78, 5) is 18.1. The molecule has 0 saturated heterocycles. The minimum Gasteiger partial charge on any atom is -0.396 e. The smallest absolute Gasteiger partial charge is 0.251 e. The number of hydrogen-bond donors (Lipinski definition) is 2. The fraction of sp³-hybridized carbons (Fsp3) is 0.538. The third-order valence-corrected chi connectivity index (χ3v) is 2.65. The van der Waals surface area contributed by atoms with Crippen LogP contribution in [0.1, 0.15) is 16.8 Å². The fourth-order valence-electron chi connectivity index (χ4n) is 1.63. The predicted molar refractivity (Wildman–Crippen MR) is 73.4 cm³/mol. The lowest BCUT2D eigenvalue weighted by Gasteiger charge is -2.17. The normalized spacial score (nSPS) is 12.0. The SMILES string of the molecule is COCC(CCO)NC(=O)c1ccnc(N(C)C)c1. The molecule has 19 heavy (non-hydrogen) atoms. The molecule has 6 heteroatoms. The number of rotatable bonds is 7. The maximum Gasteiger partial charge on any atom is 0.251 e. The van der Waals surface area contributed by atoms with Crippen molar-refractivity contribution in [1.29, 1.82) is 0 Å². The van der Waals surface area contributed by atoms with Gasteiger partial charge in [0, 0.05) is 39.6 Å². The van der Waals surface area contributed by atoms with Crippen molar-refractivity contribution >= 4 is 11.7 Å². The van der Waals surface area contributed by atoms with Gasteiger partial charge in [-0.2, -0.15) is 0 Å². The number of nitrogens with zero attached hydrogens (tertiary/aromatic N) is 2. The first-order valence-electron chi connectivity index (χ1n) is 6.12. The van der Waals surface area contributed by atoms with Crippen LogP contribution < -0.4 is 10.2 Å². The number of pyridine rings is 1. The molecule has 2 N–H and O–H groups in total. The summed E-state index contributed by atoms with van der Waals surface area (Å²) in [6.07, 6.45) is 2.06. The van der Waals surface area contributed by atoms with Crippen molar-refractivity contribution in [2.45, 2.75) is 12.5 Å². The average Bonchev–Trinajstić information content (AvgIpc) is 2.39. The first-order valence-corrected chi connectivity index (χ1v) is 6.12. The molecule has 1 heterocycles. The van der Waals surface area contributed by atoms with E-state index in [0.717, 1.165) is 5.82 Å². The zero-order valence-corrected chi connectivity index (χ0v) is 11.6. The molecule has 1 aromatic rings. The number of methoxy groups -OCH3 is 1. The molecule has 1 aromatic heterocycles. The number of aromatic nitrogens is 1. The van der Waals surface area contributed by atoms with Crippen LogP contribution in [0.3, 0.4) is 0 Å². The first-order chi connectivity index (χ1) is 9.08. The lowest BCUT2D eigenvalue weighted by molar-refractivity contribution is 0.0878. The number of carbonyl (C=O) groups is 1. The summed E-state index contributed by atoms with van der Waals surface area (Å²) in [5.41, 5.74) is 0.540. The van der Waals surface area contributed by atoms with Crippen LogP contribution in [0.2, 0.25) is 0 Å². The highest BCUT2D eigenvalue weighted by atomic mass is 16.5.